The van der Waals surface area contributed by atoms with Gasteiger partial charge in [-0.05, 0) is 79.2 Å². The lowest BCUT2D eigenvalue weighted by molar-refractivity contribution is 1.18. The number of fused-ring (bicyclic) bond motifs is 5. The predicted molar refractivity (Wildman–Crippen MR) is 198 cm³/mol. The van der Waals surface area contributed by atoms with E-state index in [4.69, 9.17) is 6.57 Å². The minimum atomic E-state index is 0.636. The van der Waals surface area contributed by atoms with Gasteiger partial charge in [-0.3, -0.25) is 0 Å². The first kappa shape index (κ1) is 26.9. The van der Waals surface area contributed by atoms with Gasteiger partial charge in [-0.2, -0.15) is 0 Å². The van der Waals surface area contributed by atoms with E-state index in [0.717, 1.165) is 33.4 Å². The van der Waals surface area contributed by atoms with E-state index in [2.05, 4.69) is 173 Å². The molecule has 0 saturated heterocycles. The third-order valence-corrected chi connectivity index (χ3v) is 9.42. The van der Waals surface area contributed by atoms with Crippen LogP contribution in [0.3, 0.4) is 0 Å². The highest BCUT2D eigenvalue weighted by Gasteiger charge is 2.20. The van der Waals surface area contributed by atoms with Crippen LogP contribution in [0.2, 0.25) is 0 Å². The van der Waals surface area contributed by atoms with Crippen LogP contribution in [0.15, 0.2) is 170 Å². The Morgan fingerprint density at radius 1 is 0.383 bits per heavy atom. The Balaban J connectivity index is 1.35. The van der Waals surface area contributed by atoms with E-state index in [1.54, 1.807) is 0 Å². The first-order valence-corrected chi connectivity index (χ1v) is 15.9. The average molecular weight is 597 g/mol. The molecule has 1 heterocycles. The van der Waals surface area contributed by atoms with Gasteiger partial charge in [0.15, 0.2) is 5.69 Å². The number of rotatable bonds is 4. The van der Waals surface area contributed by atoms with Crippen LogP contribution in [0.25, 0.3) is 87.3 Å². The van der Waals surface area contributed by atoms with E-state index in [0.29, 0.717) is 5.69 Å². The highest BCUT2D eigenvalue weighted by Crippen LogP contribution is 2.47. The molecule has 0 spiro atoms. The predicted octanol–water partition coefficient (Wildman–Crippen LogP) is 12.6. The van der Waals surface area contributed by atoms with Gasteiger partial charge in [0.1, 0.15) is 0 Å². The fourth-order valence-corrected chi connectivity index (χ4v) is 7.45. The molecule has 1 aromatic heterocycles. The number of hydrogen-bond donors (Lipinski definition) is 0. The molecular formula is C45H28N2. The molecule has 0 N–H and O–H groups in total. The molecule has 2 nitrogen and oxygen atoms in total. The standard InChI is InChI=1S/C45H28N2/c1-46-41-28-27-31(47-42-25-13-11-18-33(42)34-19-12-14-26-43(34)47)29-40(41)32-17-5-6-20-35(32)45-38-23-9-7-21-36(38)44(30-15-3-2-4-16-30)37-22-8-10-24-39(37)45/h2-29H. The molecule has 0 unspecified atom stereocenters. The van der Waals surface area contributed by atoms with E-state index < -0.39 is 0 Å². The van der Waals surface area contributed by atoms with Crippen molar-refractivity contribution in [3.05, 3.63) is 181 Å². The van der Waals surface area contributed by atoms with Crippen LogP contribution in [0.4, 0.5) is 5.69 Å². The van der Waals surface area contributed by atoms with Crippen molar-refractivity contribution in [1.82, 2.24) is 4.57 Å². The second kappa shape index (κ2) is 10.9. The summed E-state index contributed by atoms with van der Waals surface area (Å²) in [6, 6.07) is 60.1. The topological polar surface area (TPSA) is 9.29 Å². The number of benzene rings is 8. The van der Waals surface area contributed by atoms with Gasteiger partial charge in [-0.25, -0.2) is 4.85 Å². The lowest BCUT2D eigenvalue weighted by Gasteiger charge is -2.20. The minimum absolute atomic E-state index is 0.636. The molecule has 0 saturated carbocycles. The first-order chi connectivity index (χ1) is 23.3. The van der Waals surface area contributed by atoms with Crippen molar-refractivity contribution in [1.29, 1.82) is 0 Å². The Bertz CT molecular complexity index is 2580. The van der Waals surface area contributed by atoms with Crippen LogP contribution < -0.4 is 0 Å². The van der Waals surface area contributed by atoms with E-state index in [9.17, 15) is 0 Å². The number of aromatic nitrogens is 1. The fraction of sp³-hybridized carbons (Fsp3) is 0. The van der Waals surface area contributed by atoms with Gasteiger partial charge in [-0.15, -0.1) is 0 Å². The fourth-order valence-electron chi connectivity index (χ4n) is 7.45. The third-order valence-electron chi connectivity index (χ3n) is 9.42. The van der Waals surface area contributed by atoms with Gasteiger partial charge in [-0.1, -0.05) is 146 Å². The molecule has 9 rings (SSSR count). The molecule has 218 valence electrons. The summed E-state index contributed by atoms with van der Waals surface area (Å²) in [5.74, 6) is 0. The van der Waals surface area contributed by atoms with Crippen molar-refractivity contribution >= 4 is 49.0 Å². The third kappa shape index (κ3) is 4.18. The summed E-state index contributed by atoms with van der Waals surface area (Å²) >= 11 is 0. The summed E-state index contributed by atoms with van der Waals surface area (Å²) in [6.45, 7) is 8.22. The highest BCUT2D eigenvalue weighted by molar-refractivity contribution is 6.22. The summed E-state index contributed by atoms with van der Waals surface area (Å²) in [7, 11) is 0. The number of para-hydroxylation sites is 2. The normalized spacial score (nSPS) is 11.4. The van der Waals surface area contributed by atoms with E-state index in [1.165, 1.54) is 49.0 Å². The summed E-state index contributed by atoms with van der Waals surface area (Å²) in [6.07, 6.45) is 0. The molecule has 0 fully saturated rings. The van der Waals surface area contributed by atoms with Gasteiger partial charge in [0.2, 0.25) is 0 Å². The summed E-state index contributed by atoms with van der Waals surface area (Å²) in [4.78, 5) is 4.05. The van der Waals surface area contributed by atoms with Crippen molar-refractivity contribution < 1.29 is 0 Å². The lowest BCUT2D eigenvalue weighted by atomic mass is 9.83. The quantitative estimate of drug-likeness (QED) is 0.141. The van der Waals surface area contributed by atoms with Crippen LogP contribution in [0, 0.1) is 6.57 Å². The number of hydrogen-bond acceptors (Lipinski definition) is 0. The Hall–Kier alpha value is -6.43. The molecule has 0 bridgehead atoms. The first-order valence-electron chi connectivity index (χ1n) is 15.9. The SMILES string of the molecule is [C-]#[N+]c1ccc(-n2c3ccccc3c3ccccc32)cc1-c1ccccc1-c1c2ccccc2c(-c2ccccc2)c2ccccc12. The van der Waals surface area contributed by atoms with E-state index in [1.807, 2.05) is 6.07 Å². The molecular weight excluding hydrogens is 569 g/mol. The zero-order valence-corrected chi connectivity index (χ0v) is 25.6. The highest BCUT2D eigenvalue weighted by atomic mass is 15.0. The maximum absolute atomic E-state index is 8.22. The molecule has 0 amide bonds. The monoisotopic (exact) mass is 596 g/mol. The van der Waals surface area contributed by atoms with Crippen molar-refractivity contribution in [2.75, 3.05) is 0 Å². The van der Waals surface area contributed by atoms with Crippen LogP contribution in [-0.4, -0.2) is 4.57 Å². The van der Waals surface area contributed by atoms with E-state index >= 15 is 0 Å². The van der Waals surface area contributed by atoms with Crippen LogP contribution >= 0.6 is 0 Å². The van der Waals surface area contributed by atoms with Gasteiger partial charge in [0, 0.05) is 16.5 Å². The molecule has 0 aliphatic carbocycles. The van der Waals surface area contributed by atoms with Gasteiger partial charge < -0.3 is 4.57 Å². The molecule has 2 heteroatoms. The zero-order chi connectivity index (χ0) is 31.3. The van der Waals surface area contributed by atoms with Crippen LogP contribution in [0.1, 0.15) is 0 Å². The number of nitrogens with zero attached hydrogens (tertiary/aromatic N) is 2. The molecule has 0 atom stereocenters. The smallest absolute Gasteiger partial charge is 0.195 e. The average Bonchev–Trinajstić information content (AvgIpc) is 3.48. The van der Waals surface area contributed by atoms with Crippen molar-refractivity contribution in [3.63, 3.8) is 0 Å². The lowest BCUT2D eigenvalue weighted by Crippen LogP contribution is -1.96. The Kier molecular flexibility index (Phi) is 6.23. The van der Waals surface area contributed by atoms with Crippen LogP contribution in [-0.2, 0) is 0 Å². The summed E-state index contributed by atoms with van der Waals surface area (Å²) in [5.41, 5.74) is 10.7. The Morgan fingerprint density at radius 2 is 0.851 bits per heavy atom. The summed E-state index contributed by atoms with van der Waals surface area (Å²) in [5, 5.41) is 7.26. The largest absolute Gasteiger partial charge is 0.309 e. The molecule has 0 radical (unpaired) electrons. The van der Waals surface area contributed by atoms with Crippen molar-refractivity contribution in [2.45, 2.75) is 0 Å². The van der Waals surface area contributed by atoms with Gasteiger partial charge in [0.05, 0.1) is 17.6 Å². The molecule has 0 aliphatic heterocycles. The van der Waals surface area contributed by atoms with Gasteiger partial charge >= 0.3 is 0 Å². The maximum Gasteiger partial charge on any atom is 0.195 e. The molecule has 8 aromatic carbocycles. The molecule has 47 heavy (non-hydrogen) atoms. The van der Waals surface area contributed by atoms with Gasteiger partial charge in [0.25, 0.3) is 0 Å². The second-order valence-electron chi connectivity index (χ2n) is 11.9. The molecule has 9 aromatic rings. The maximum atomic E-state index is 8.22. The summed E-state index contributed by atoms with van der Waals surface area (Å²) < 4.78 is 2.32. The Morgan fingerprint density at radius 3 is 1.43 bits per heavy atom. The van der Waals surface area contributed by atoms with E-state index in [-0.39, 0.29) is 0 Å². The molecule has 0 aliphatic rings. The Labute approximate surface area is 273 Å². The van der Waals surface area contributed by atoms with Crippen molar-refractivity contribution in [3.8, 4) is 39.1 Å². The zero-order valence-electron chi connectivity index (χ0n) is 25.6. The minimum Gasteiger partial charge on any atom is -0.309 e. The second-order valence-corrected chi connectivity index (χ2v) is 11.9. The van der Waals surface area contributed by atoms with Crippen LogP contribution in [0.5, 0.6) is 0 Å². The van der Waals surface area contributed by atoms with Crippen molar-refractivity contribution in [2.24, 2.45) is 0 Å².